The van der Waals surface area contributed by atoms with E-state index in [-0.39, 0.29) is 23.8 Å². The van der Waals surface area contributed by atoms with Gasteiger partial charge in [-0.2, -0.15) is 0 Å². The second-order valence-electron chi connectivity index (χ2n) is 6.86. The lowest BCUT2D eigenvalue weighted by molar-refractivity contribution is -0.145. The van der Waals surface area contributed by atoms with Crippen LogP contribution in [0, 0.1) is 17.7 Å². The molecule has 1 saturated heterocycles. The van der Waals surface area contributed by atoms with Gasteiger partial charge in [-0.15, -0.1) is 0 Å². The monoisotopic (exact) mass is 334 g/mol. The zero-order valence-corrected chi connectivity index (χ0v) is 13.8. The summed E-state index contributed by atoms with van der Waals surface area (Å²) in [6.45, 7) is 2.74. The topological polar surface area (TPSA) is 69.6 Å². The van der Waals surface area contributed by atoms with Crippen LogP contribution in [0.25, 0.3) is 0 Å². The van der Waals surface area contributed by atoms with Crippen molar-refractivity contribution in [3.63, 3.8) is 0 Å². The maximum atomic E-state index is 13.9. The number of halogens is 1. The molecule has 2 aliphatic rings. The van der Waals surface area contributed by atoms with Crippen molar-refractivity contribution in [2.75, 3.05) is 13.1 Å². The number of piperidine rings is 1. The van der Waals surface area contributed by atoms with Gasteiger partial charge in [-0.3, -0.25) is 4.79 Å². The van der Waals surface area contributed by atoms with Crippen LogP contribution >= 0.6 is 0 Å². The van der Waals surface area contributed by atoms with Gasteiger partial charge in [-0.1, -0.05) is 19.1 Å². The largest absolute Gasteiger partial charge is 0.481 e. The summed E-state index contributed by atoms with van der Waals surface area (Å²) in [5.41, 5.74) is 1.56. The van der Waals surface area contributed by atoms with Crippen molar-refractivity contribution in [3.8, 4) is 0 Å². The standard InChI is InChI=1S/C18H23FN2O3/c1-11-10-21(9-8-12(11)17(22)23)18(24)20-16-7-3-4-13-14(16)5-2-6-15(13)19/h2,5-6,11-12,16H,3-4,7-10H2,1H3,(H,20,24)(H,22,23). The molecule has 0 saturated carbocycles. The lowest BCUT2D eigenvalue weighted by atomic mass is 9.86. The van der Waals surface area contributed by atoms with E-state index in [1.165, 1.54) is 6.07 Å². The van der Waals surface area contributed by atoms with Gasteiger partial charge in [-0.25, -0.2) is 9.18 Å². The van der Waals surface area contributed by atoms with Crippen LogP contribution in [-0.4, -0.2) is 35.1 Å². The van der Waals surface area contributed by atoms with Gasteiger partial charge in [0.1, 0.15) is 5.82 Å². The minimum atomic E-state index is -0.792. The highest BCUT2D eigenvalue weighted by Gasteiger charge is 2.34. The molecule has 3 rings (SSSR count). The molecular formula is C18H23FN2O3. The summed E-state index contributed by atoms with van der Waals surface area (Å²) in [7, 11) is 0. The van der Waals surface area contributed by atoms with Crippen LogP contribution in [0.2, 0.25) is 0 Å². The second kappa shape index (κ2) is 6.79. The Hall–Kier alpha value is -2.11. The molecule has 0 aromatic heterocycles. The molecule has 1 aliphatic heterocycles. The lowest BCUT2D eigenvalue weighted by Gasteiger charge is -2.36. The van der Waals surface area contributed by atoms with Crippen molar-refractivity contribution in [1.82, 2.24) is 10.2 Å². The van der Waals surface area contributed by atoms with Crippen LogP contribution in [0.5, 0.6) is 0 Å². The predicted molar refractivity (Wildman–Crippen MR) is 87.1 cm³/mol. The lowest BCUT2D eigenvalue weighted by Crippen LogP contribution is -2.49. The molecule has 1 heterocycles. The molecule has 1 fully saturated rings. The minimum absolute atomic E-state index is 0.0712. The number of carboxylic acid groups (broad SMARTS) is 1. The average molecular weight is 334 g/mol. The quantitative estimate of drug-likeness (QED) is 0.873. The zero-order valence-electron chi connectivity index (χ0n) is 13.8. The molecule has 2 amide bonds. The number of hydrogen-bond donors (Lipinski definition) is 2. The van der Waals surface area contributed by atoms with Crippen LogP contribution in [0.4, 0.5) is 9.18 Å². The number of urea groups is 1. The molecule has 1 aliphatic carbocycles. The van der Waals surface area contributed by atoms with E-state index >= 15 is 0 Å². The molecule has 1 aromatic carbocycles. The Kier molecular flexibility index (Phi) is 4.73. The Morgan fingerprint density at radius 2 is 2.12 bits per heavy atom. The maximum Gasteiger partial charge on any atom is 0.317 e. The van der Waals surface area contributed by atoms with E-state index in [4.69, 9.17) is 0 Å². The molecule has 0 spiro atoms. The molecule has 2 N–H and O–H groups in total. The highest BCUT2D eigenvalue weighted by molar-refractivity contribution is 5.76. The number of likely N-dealkylation sites (tertiary alicyclic amines) is 1. The molecular weight excluding hydrogens is 311 g/mol. The number of rotatable bonds is 2. The maximum absolute atomic E-state index is 13.9. The van der Waals surface area contributed by atoms with E-state index in [0.29, 0.717) is 31.5 Å². The Morgan fingerprint density at radius 1 is 1.33 bits per heavy atom. The van der Waals surface area contributed by atoms with Crippen molar-refractivity contribution in [2.24, 2.45) is 11.8 Å². The summed E-state index contributed by atoms with van der Waals surface area (Å²) in [5.74, 6) is -1.46. The SMILES string of the molecule is CC1CN(C(=O)NC2CCCc3c(F)cccc32)CCC1C(=O)O. The molecule has 0 bridgehead atoms. The van der Waals surface area contributed by atoms with E-state index in [0.717, 1.165) is 18.4 Å². The van der Waals surface area contributed by atoms with E-state index in [2.05, 4.69) is 5.32 Å². The normalized spacial score (nSPS) is 26.6. The first-order chi connectivity index (χ1) is 11.5. The van der Waals surface area contributed by atoms with Crippen LogP contribution in [0.3, 0.4) is 0 Å². The number of carbonyl (C=O) groups is 2. The molecule has 0 radical (unpaired) electrons. The molecule has 3 unspecified atom stereocenters. The highest BCUT2D eigenvalue weighted by atomic mass is 19.1. The van der Waals surface area contributed by atoms with E-state index in [9.17, 15) is 19.1 Å². The summed E-state index contributed by atoms with van der Waals surface area (Å²) in [4.78, 5) is 25.4. The molecule has 1 aromatic rings. The summed E-state index contributed by atoms with van der Waals surface area (Å²) in [6.07, 6.45) is 2.81. The molecule has 5 nitrogen and oxygen atoms in total. The fourth-order valence-electron chi connectivity index (χ4n) is 3.89. The Labute approximate surface area is 140 Å². The number of aliphatic carboxylic acids is 1. The third-order valence-corrected chi connectivity index (χ3v) is 5.26. The zero-order chi connectivity index (χ0) is 17.3. The first kappa shape index (κ1) is 16.7. The number of benzene rings is 1. The van der Waals surface area contributed by atoms with Crippen molar-refractivity contribution in [3.05, 3.63) is 35.1 Å². The smallest absolute Gasteiger partial charge is 0.317 e. The van der Waals surface area contributed by atoms with E-state index in [1.807, 2.05) is 13.0 Å². The summed E-state index contributed by atoms with van der Waals surface area (Å²) in [6, 6.07) is 4.65. The third kappa shape index (κ3) is 3.23. The van der Waals surface area contributed by atoms with Crippen molar-refractivity contribution in [2.45, 2.75) is 38.6 Å². The number of carbonyl (C=O) groups excluding carboxylic acids is 1. The van der Waals surface area contributed by atoms with Gasteiger partial charge in [0.25, 0.3) is 0 Å². The second-order valence-corrected chi connectivity index (χ2v) is 6.86. The van der Waals surface area contributed by atoms with Crippen molar-refractivity contribution < 1.29 is 19.1 Å². The average Bonchev–Trinajstić information content (AvgIpc) is 2.55. The Bertz CT molecular complexity index is 649. The fourth-order valence-corrected chi connectivity index (χ4v) is 3.89. The van der Waals surface area contributed by atoms with Crippen LogP contribution in [-0.2, 0) is 11.2 Å². The number of hydrogen-bond acceptors (Lipinski definition) is 2. The number of nitrogens with zero attached hydrogens (tertiary/aromatic N) is 1. The summed E-state index contributed by atoms with van der Waals surface area (Å²) >= 11 is 0. The Morgan fingerprint density at radius 3 is 2.83 bits per heavy atom. The first-order valence-electron chi connectivity index (χ1n) is 8.53. The van der Waals surface area contributed by atoms with Crippen molar-refractivity contribution in [1.29, 1.82) is 0 Å². The van der Waals surface area contributed by atoms with Crippen LogP contribution in [0.1, 0.15) is 43.4 Å². The number of fused-ring (bicyclic) bond motifs is 1. The van der Waals surface area contributed by atoms with Gasteiger partial charge >= 0.3 is 12.0 Å². The minimum Gasteiger partial charge on any atom is -0.481 e. The van der Waals surface area contributed by atoms with Gasteiger partial charge in [0.2, 0.25) is 0 Å². The van der Waals surface area contributed by atoms with Gasteiger partial charge < -0.3 is 15.3 Å². The van der Waals surface area contributed by atoms with Crippen molar-refractivity contribution >= 4 is 12.0 Å². The number of amides is 2. The molecule has 24 heavy (non-hydrogen) atoms. The highest BCUT2D eigenvalue weighted by Crippen LogP contribution is 2.32. The van der Waals surface area contributed by atoms with E-state index < -0.39 is 11.9 Å². The Balaban J connectivity index is 1.67. The third-order valence-electron chi connectivity index (χ3n) is 5.26. The molecule has 130 valence electrons. The molecule has 6 heteroatoms. The van der Waals surface area contributed by atoms with Gasteiger partial charge in [0.05, 0.1) is 12.0 Å². The van der Waals surface area contributed by atoms with Gasteiger partial charge in [0.15, 0.2) is 0 Å². The van der Waals surface area contributed by atoms with Crippen LogP contribution in [0.15, 0.2) is 18.2 Å². The van der Waals surface area contributed by atoms with Gasteiger partial charge in [0, 0.05) is 13.1 Å². The fraction of sp³-hybridized carbons (Fsp3) is 0.556. The van der Waals surface area contributed by atoms with E-state index in [1.54, 1.807) is 11.0 Å². The summed E-state index contributed by atoms with van der Waals surface area (Å²) < 4.78 is 13.9. The molecule has 3 atom stereocenters. The summed E-state index contributed by atoms with van der Waals surface area (Å²) in [5, 5.41) is 12.2. The predicted octanol–water partition coefficient (Wildman–Crippen LogP) is 2.96. The first-order valence-corrected chi connectivity index (χ1v) is 8.53. The number of carboxylic acids is 1. The van der Waals surface area contributed by atoms with Gasteiger partial charge in [-0.05, 0) is 48.8 Å². The van der Waals surface area contributed by atoms with Crippen LogP contribution < -0.4 is 5.32 Å². The number of nitrogens with one attached hydrogen (secondary N) is 1.